The Bertz CT molecular complexity index is 1580. The first-order valence-electron chi connectivity index (χ1n) is 11.3. The van der Waals surface area contributed by atoms with E-state index in [9.17, 15) is 13.2 Å². The molecule has 0 spiro atoms. The number of halogens is 3. The molecule has 0 bridgehead atoms. The number of alkyl halides is 3. The first kappa shape index (κ1) is 23.4. The Morgan fingerprint density at radius 3 is 2.33 bits per heavy atom. The Morgan fingerprint density at radius 1 is 0.917 bits per heavy atom. The minimum atomic E-state index is -4.73. The highest BCUT2D eigenvalue weighted by Crippen LogP contribution is 2.30. The zero-order chi connectivity index (χ0) is 25.4. The van der Waals surface area contributed by atoms with Gasteiger partial charge in [0.2, 0.25) is 0 Å². The third-order valence-electron chi connectivity index (χ3n) is 6.03. The average molecular weight is 489 g/mol. The van der Waals surface area contributed by atoms with Crippen molar-refractivity contribution in [2.45, 2.75) is 27.1 Å². The highest BCUT2D eigenvalue weighted by atomic mass is 19.4. The average Bonchev–Trinajstić information content (AvgIpc) is 3.16. The second-order valence-electron chi connectivity index (χ2n) is 8.59. The third-order valence-corrected chi connectivity index (χ3v) is 6.03. The quantitative estimate of drug-likeness (QED) is 0.207. The normalized spacial score (nSPS) is 12.1. The molecule has 0 saturated heterocycles. The van der Waals surface area contributed by atoms with Crippen LogP contribution < -0.4 is 10.2 Å². The Hall–Kier alpha value is -4.33. The number of hydrazone groups is 1. The molecule has 0 aliphatic heterocycles. The maximum atomic E-state index is 12.5. The van der Waals surface area contributed by atoms with Crippen LogP contribution in [-0.4, -0.2) is 22.1 Å². The molecule has 5 nitrogen and oxygen atoms in total. The smallest absolute Gasteiger partial charge is 0.406 e. The van der Waals surface area contributed by atoms with E-state index in [2.05, 4.69) is 15.3 Å². The van der Waals surface area contributed by atoms with Crippen LogP contribution in [0.4, 0.5) is 18.9 Å². The number of ether oxygens (including phenoxy) is 1. The van der Waals surface area contributed by atoms with Gasteiger partial charge in [0.25, 0.3) is 0 Å². The number of para-hydroxylation sites is 1. The highest BCUT2D eigenvalue weighted by molar-refractivity contribution is 6.06. The van der Waals surface area contributed by atoms with Gasteiger partial charge in [-0.2, -0.15) is 5.10 Å². The molecular formula is C28H23F3N4O. The largest absolute Gasteiger partial charge is 0.573 e. The molecule has 1 heterocycles. The van der Waals surface area contributed by atoms with Gasteiger partial charge >= 0.3 is 6.36 Å². The number of hydrogen-bond acceptors (Lipinski definition) is 4. The van der Waals surface area contributed by atoms with Crippen molar-refractivity contribution in [1.29, 1.82) is 0 Å². The molecule has 36 heavy (non-hydrogen) atoms. The summed E-state index contributed by atoms with van der Waals surface area (Å²) in [5.74, 6) is 0.463. The summed E-state index contributed by atoms with van der Waals surface area (Å²) < 4.78 is 43.4. The van der Waals surface area contributed by atoms with Crippen LogP contribution >= 0.6 is 0 Å². The van der Waals surface area contributed by atoms with Crippen molar-refractivity contribution < 1.29 is 17.9 Å². The molecule has 8 heteroatoms. The maximum Gasteiger partial charge on any atom is 0.573 e. The number of imidazole rings is 1. The molecule has 1 aromatic heterocycles. The molecule has 0 fully saturated rings. The molecule has 0 amide bonds. The molecule has 5 rings (SSSR count). The van der Waals surface area contributed by atoms with Crippen molar-refractivity contribution in [2.75, 3.05) is 5.43 Å². The number of nitrogens with zero attached hydrogens (tertiary/aromatic N) is 3. The number of hydrogen-bond donors (Lipinski definition) is 1. The van der Waals surface area contributed by atoms with Gasteiger partial charge in [0, 0.05) is 11.1 Å². The second-order valence-corrected chi connectivity index (χ2v) is 8.59. The van der Waals surface area contributed by atoms with Crippen molar-refractivity contribution in [1.82, 2.24) is 9.55 Å². The predicted octanol–water partition coefficient (Wildman–Crippen LogP) is 7.45. The number of rotatable bonds is 5. The predicted molar refractivity (Wildman–Crippen MR) is 137 cm³/mol. The fraction of sp³-hybridized carbons (Fsp3) is 0.143. The summed E-state index contributed by atoms with van der Waals surface area (Å²) in [4.78, 5) is 4.76. The highest BCUT2D eigenvalue weighted by Gasteiger charge is 2.31. The van der Waals surface area contributed by atoms with Crippen LogP contribution in [0.25, 0.3) is 27.5 Å². The molecule has 0 radical (unpaired) electrons. The molecular weight excluding hydrogens is 465 g/mol. The van der Waals surface area contributed by atoms with Crippen LogP contribution in [0, 0.1) is 20.8 Å². The summed E-state index contributed by atoms with van der Waals surface area (Å²) in [5, 5.41) is 6.40. The number of aromatic nitrogens is 2. The van der Waals surface area contributed by atoms with Crippen molar-refractivity contribution in [3.8, 4) is 11.4 Å². The Balaban J connectivity index is 1.45. The second kappa shape index (κ2) is 9.03. The van der Waals surface area contributed by atoms with Crippen LogP contribution in [0.1, 0.15) is 22.5 Å². The first-order chi connectivity index (χ1) is 17.2. The number of nitrogens with one attached hydrogen (secondary N) is 1. The van der Waals surface area contributed by atoms with Gasteiger partial charge in [-0.15, -0.1) is 13.2 Å². The van der Waals surface area contributed by atoms with Gasteiger partial charge in [-0.25, -0.2) is 4.98 Å². The van der Waals surface area contributed by atoms with E-state index in [0.717, 1.165) is 50.0 Å². The summed E-state index contributed by atoms with van der Waals surface area (Å²) in [6, 6.07) is 21.9. The SMILES string of the molecule is Cc1cccc(C)c1N/N=C/c1ccc2c(ccc3c2nc(C)n3-c2ccc(OC(F)(F)F)cc2)c1. The van der Waals surface area contributed by atoms with E-state index in [-0.39, 0.29) is 5.75 Å². The number of fused-ring (bicyclic) bond motifs is 3. The zero-order valence-electron chi connectivity index (χ0n) is 19.9. The van der Waals surface area contributed by atoms with Crippen molar-refractivity contribution in [3.05, 3.63) is 95.3 Å². The summed E-state index contributed by atoms with van der Waals surface area (Å²) in [7, 11) is 0. The summed E-state index contributed by atoms with van der Waals surface area (Å²) in [6.07, 6.45) is -2.94. The molecule has 0 atom stereocenters. The van der Waals surface area contributed by atoms with Gasteiger partial charge in [-0.3, -0.25) is 9.99 Å². The van der Waals surface area contributed by atoms with Gasteiger partial charge in [0.1, 0.15) is 11.6 Å². The molecule has 5 aromatic rings. The lowest BCUT2D eigenvalue weighted by Crippen LogP contribution is -2.17. The standard InChI is InChI=1S/C28H23F3N4O/c1-17-5-4-6-18(2)26(17)34-32-16-20-7-13-24-21(15-20)8-14-25-27(24)33-19(3)35(25)22-9-11-23(12-10-22)36-28(29,30)31/h4-16,34H,1-3H3/b32-16+. The van der Waals surface area contributed by atoms with E-state index in [0.29, 0.717) is 5.69 Å². The van der Waals surface area contributed by atoms with Crippen LogP contribution in [0.15, 0.2) is 77.9 Å². The number of benzene rings is 4. The topological polar surface area (TPSA) is 51.4 Å². The number of aryl methyl sites for hydroxylation is 3. The molecule has 0 saturated carbocycles. The van der Waals surface area contributed by atoms with Gasteiger partial charge < -0.3 is 4.74 Å². The molecule has 4 aromatic carbocycles. The van der Waals surface area contributed by atoms with E-state index < -0.39 is 6.36 Å². The minimum absolute atomic E-state index is 0.264. The van der Waals surface area contributed by atoms with E-state index in [1.807, 2.05) is 73.9 Å². The van der Waals surface area contributed by atoms with Crippen molar-refractivity contribution >= 4 is 33.7 Å². The van der Waals surface area contributed by atoms with E-state index in [1.165, 1.54) is 12.1 Å². The summed E-state index contributed by atoms with van der Waals surface area (Å²) in [6.45, 7) is 5.95. The number of anilines is 1. The summed E-state index contributed by atoms with van der Waals surface area (Å²) >= 11 is 0. The molecule has 1 N–H and O–H groups in total. The zero-order valence-corrected chi connectivity index (χ0v) is 19.9. The van der Waals surface area contributed by atoms with E-state index >= 15 is 0 Å². The van der Waals surface area contributed by atoms with Crippen molar-refractivity contribution in [3.63, 3.8) is 0 Å². The lowest BCUT2D eigenvalue weighted by atomic mass is 10.1. The van der Waals surface area contributed by atoms with Gasteiger partial charge in [-0.05, 0) is 79.2 Å². The monoisotopic (exact) mass is 488 g/mol. The Labute approximate surface area is 205 Å². The fourth-order valence-corrected chi connectivity index (χ4v) is 4.37. The van der Waals surface area contributed by atoms with E-state index in [4.69, 9.17) is 4.98 Å². The van der Waals surface area contributed by atoms with Crippen LogP contribution in [-0.2, 0) is 0 Å². The summed E-state index contributed by atoms with van der Waals surface area (Å²) in [5.41, 5.74) is 9.71. The van der Waals surface area contributed by atoms with Crippen molar-refractivity contribution in [2.24, 2.45) is 5.10 Å². The van der Waals surface area contributed by atoms with Gasteiger partial charge in [0.05, 0.1) is 22.9 Å². The maximum absolute atomic E-state index is 12.5. The lowest BCUT2D eigenvalue weighted by Gasteiger charge is -2.11. The molecule has 0 aliphatic rings. The Kier molecular flexibility index (Phi) is 5.88. The Morgan fingerprint density at radius 2 is 1.64 bits per heavy atom. The molecule has 0 aliphatic carbocycles. The first-order valence-corrected chi connectivity index (χ1v) is 11.3. The van der Waals surface area contributed by atoms with Gasteiger partial charge in [-0.1, -0.05) is 36.4 Å². The molecule has 182 valence electrons. The van der Waals surface area contributed by atoms with Crippen LogP contribution in [0.5, 0.6) is 5.75 Å². The van der Waals surface area contributed by atoms with Crippen LogP contribution in [0.3, 0.4) is 0 Å². The molecule has 0 unspecified atom stereocenters. The minimum Gasteiger partial charge on any atom is -0.406 e. The lowest BCUT2D eigenvalue weighted by molar-refractivity contribution is -0.274. The van der Waals surface area contributed by atoms with Crippen LogP contribution in [0.2, 0.25) is 0 Å². The fourth-order valence-electron chi connectivity index (χ4n) is 4.37. The van der Waals surface area contributed by atoms with Gasteiger partial charge in [0.15, 0.2) is 0 Å². The van der Waals surface area contributed by atoms with E-state index in [1.54, 1.807) is 18.3 Å². The third kappa shape index (κ3) is 4.62.